The molecule has 174 valence electrons. The van der Waals surface area contributed by atoms with Gasteiger partial charge in [0.15, 0.2) is 0 Å². The maximum absolute atomic E-state index is 13.7. The first-order chi connectivity index (χ1) is 16.0. The fourth-order valence-corrected chi connectivity index (χ4v) is 5.74. The molecule has 2 fully saturated rings. The van der Waals surface area contributed by atoms with Crippen molar-refractivity contribution in [3.63, 3.8) is 0 Å². The van der Waals surface area contributed by atoms with E-state index in [0.29, 0.717) is 38.2 Å². The molecular formula is C25H29FN4O2S. The van der Waals surface area contributed by atoms with Crippen LogP contribution in [0.3, 0.4) is 0 Å². The maximum Gasteiger partial charge on any atom is 0.270 e. The van der Waals surface area contributed by atoms with Crippen molar-refractivity contribution in [2.75, 3.05) is 46.3 Å². The summed E-state index contributed by atoms with van der Waals surface area (Å²) in [5, 5.41) is 2.01. The van der Waals surface area contributed by atoms with Crippen LogP contribution in [0.1, 0.15) is 28.9 Å². The predicted molar refractivity (Wildman–Crippen MR) is 128 cm³/mol. The first-order valence-corrected chi connectivity index (χ1v) is 12.5. The summed E-state index contributed by atoms with van der Waals surface area (Å²) in [4.78, 5) is 32.5. The molecule has 2 aliphatic rings. The van der Waals surface area contributed by atoms with Gasteiger partial charge in [-0.2, -0.15) is 0 Å². The van der Waals surface area contributed by atoms with Gasteiger partial charge in [0.2, 0.25) is 5.91 Å². The Kier molecular flexibility index (Phi) is 6.21. The normalized spacial score (nSPS) is 18.2. The lowest BCUT2D eigenvalue weighted by atomic mass is 9.94. The molecule has 0 bridgehead atoms. The molecule has 0 atom stereocenters. The number of likely N-dealkylation sites (tertiary alicyclic amines) is 1. The van der Waals surface area contributed by atoms with Crippen LogP contribution in [0.15, 0.2) is 41.8 Å². The van der Waals surface area contributed by atoms with Crippen molar-refractivity contribution in [2.24, 2.45) is 5.92 Å². The largest absolute Gasteiger partial charge is 0.340 e. The number of hydrogen-bond donors (Lipinski definition) is 0. The van der Waals surface area contributed by atoms with Crippen LogP contribution in [0.5, 0.6) is 0 Å². The number of nitrogens with zero attached hydrogens (tertiary/aromatic N) is 4. The topological polar surface area (TPSA) is 48.8 Å². The van der Waals surface area contributed by atoms with Gasteiger partial charge in [-0.05, 0) is 55.1 Å². The lowest BCUT2D eigenvalue weighted by molar-refractivity contribution is -0.138. The van der Waals surface area contributed by atoms with Gasteiger partial charge < -0.3 is 19.3 Å². The van der Waals surface area contributed by atoms with Crippen LogP contribution in [0.25, 0.3) is 10.2 Å². The van der Waals surface area contributed by atoms with Gasteiger partial charge in [-0.25, -0.2) is 4.39 Å². The number of piperidine rings is 1. The number of carbonyl (C=O) groups is 2. The number of piperazine rings is 1. The van der Waals surface area contributed by atoms with Crippen molar-refractivity contribution in [1.82, 2.24) is 19.3 Å². The Labute approximate surface area is 197 Å². The third kappa shape index (κ3) is 4.54. The molecule has 6 nitrogen and oxygen atoms in total. The lowest BCUT2D eigenvalue weighted by Gasteiger charge is -2.37. The average molecular weight is 469 g/mol. The molecule has 0 N–H and O–H groups in total. The summed E-state index contributed by atoms with van der Waals surface area (Å²) in [6.07, 6.45) is 1.41. The Balaban J connectivity index is 1.29. The number of carbonyl (C=O) groups excluding carboxylic acids is 2. The van der Waals surface area contributed by atoms with E-state index in [-0.39, 0.29) is 23.5 Å². The van der Waals surface area contributed by atoms with E-state index in [0.717, 1.165) is 42.0 Å². The molecule has 0 aliphatic carbocycles. The first-order valence-electron chi connectivity index (χ1n) is 11.6. The summed E-state index contributed by atoms with van der Waals surface area (Å²) in [7, 11) is 2.08. The third-order valence-corrected chi connectivity index (χ3v) is 7.77. The summed E-state index contributed by atoms with van der Waals surface area (Å²) >= 11 is 1.60. The Morgan fingerprint density at radius 3 is 2.48 bits per heavy atom. The van der Waals surface area contributed by atoms with Gasteiger partial charge in [0, 0.05) is 51.7 Å². The molecular weight excluding hydrogens is 439 g/mol. The summed E-state index contributed by atoms with van der Waals surface area (Å²) < 4.78 is 16.8. The van der Waals surface area contributed by atoms with E-state index >= 15 is 0 Å². The molecule has 0 radical (unpaired) electrons. The highest BCUT2D eigenvalue weighted by Gasteiger charge is 2.32. The Hall–Kier alpha value is -2.71. The number of halogens is 1. The molecule has 1 aromatic carbocycles. The molecule has 2 aromatic heterocycles. The van der Waals surface area contributed by atoms with E-state index in [9.17, 15) is 14.0 Å². The molecule has 3 aromatic rings. The monoisotopic (exact) mass is 468 g/mol. The van der Waals surface area contributed by atoms with Crippen molar-refractivity contribution in [2.45, 2.75) is 19.4 Å². The fourth-order valence-electron chi connectivity index (χ4n) is 4.92. The van der Waals surface area contributed by atoms with Gasteiger partial charge in [-0.3, -0.25) is 9.59 Å². The highest BCUT2D eigenvalue weighted by Crippen LogP contribution is 2.29. The van der Waals surface area contributed by atoms with E-state index in [4.69, 9.17) is 0 Å². The van der Waals surface area contributed by atoms with E-state index in [1.165, 1.54) is 12.1 Å². The second-order valence-corrected chi connectivity index (χ2v) is 10.1. The number of benzene rings is 1. The number of aromatic nitrogens is 1. The van der Waals surface area contributed by atoms with Crippen molar-refractivity contribution < 1.29 is 14.0 Å². The highest BCUT2D eigenvalue weighted by atomic mass is 32.1. The van der Waals surface area contributed by atoms with Crippen molar-refractivity contribution in [3.8, 4) is 0 Å². The van der Waals surface area contributed by atoms with Crippen LogP contribution in [0.2, 0.25) is 0 Å². The quantitative estimate of drug-likeness (QED) is 0.589. The maximum atomic E-state index is 13.7. The molecule has 0 saturated carbocycles. The third-order valence-electron chi connectivity index (χ3n) is 6.92. The molecule has 33 heavy (non-hydrogen) atoms. The van der Waals surface area contributed by atoms with Crippen molar-refractivity contribution in [3.05, 3.63) is 58.9 Å². The van der Waals surface area contributed by atoms with Crippen molar-refractivity contribution >= 4 is 33.4 Å². The van der Waals surface area contributed by atoms with Crippen LogP contribution >= 0.6 is 11.3 Å². The summed E-state index contributed by atoms with van der Waals surface area (Å²) in [5.41, 5.74) is 2.45. The Morgan fingerprint density at radius 1 is 1.00 bits per heavy atom. The van der Waals surface area contributed by atoms with E-state index < -0.39 is 0 Å². The van der Waals surface area contributed by atoms with Gasteiger partial charge in [-0.1, -0.05) is 12.1 Å². The van der Waals surface area contributed by atoms with Crippen LogP contribution in [0.4, 0.5) is 4.39 Å². The molecule has 5 rings (SSSR count). The second kappa shape index (κ2) is 9.27. The molecule has 4 heterocycles. The van der Waals surface area contributed by atoms with Gasteiger partial charge >= 0.3 is 0 Å². The standard InChI is InChI=1S/C25H29FN4O2S/c1-27-10-12-29(13-11-27)24(31)19-5-8-28(9-6-19)25(32)22-16-23-21(7-14-33-23)30(22)17-18-3-2-4-20(26)15-18/h2-4,7,14-16,19H,5-6,8-13,17H2,1H3. The van der Waals surface area contributed by atoms with Crippen molar-refractivity contribution in [1.29, 1.82) is 0 Å². The minimum atomic E-state index is -0.277. The molecule has 0 unspecified atom stereocenters. The minimum Gasteiger partial charge on any atom is -0.340 e. The zero-order valence-electron chi connectivity index (χ0n) is 18.9. The molecule has 2 saturated heterocycles. The van der Waals surface area contributed by atoms with Gasteiger partial charge in [0.25, 0.3) is 5.91 Å². The first kappa shape index (κ1) is 22.1. The zero-order valence-corrected chi connectivity index (χ0v) is 19.7. The van der Waals surface area contributed by atoms with E-state index in [1.54, 1.807) is 17.4 Å². The average Bonchev–Trinajstić information content (AvgIpc) is 3.41. The second-order valence-electron chi connectivity index (χ2n) is 9.11. The SMILES string of the molecule is CN1CCN(C(=O)C2CCN(C(=O)c3cc4sccc4n3Cc3cccc(F)c3)CC2)CC1. The molecule has 2 amide bonds. The molecule has 2 aliphatic heterocycles. The lowest BCUT2D eigenvalue weighted by Crippen LogP contribution is -2.51. The van der Waals surface area contributed by atoms with Gasteiger partial charge in [-0.15, -0.1) is 11.3 Å². The highest BCUT2D eigenvalue weighted by molar-refractivity contribution is 7.17. The van der Waals surface area contributed by atoms with Crippen LogP contribution in [-0.4, -0.2) is 77.4 Å². The number of rotatable bonds is 4. The number of thiophene rings is 1. The Morgan fingerprint density at radius 2 is 1.76 bits per heavy atom. The predicted octanol–water partition coefficient (Wildman–Crippen LogP) is 3.52. The van der Waals surface area contributed by atoms with Crippen LogP contribution in [0, 0.1) is 11.7 Å². The number of hydrogen-bond acceptors (Lipinski definition) is 4. The minimum absolute atomic E-state index is 0.0000280. The Bertz CT molecular complexity index is 1160. The van der Waals surface area contributed by atoms with Crippen LogP contribution < -0.4 is 0 Å². The van der Waals surface area contributed by atoms with Gasteiger partial charge in [0.05, 0.1) is 10.2 Å². The zero-order chi connectivity index (χ0) is 22.9. The van der Waals surface area contributed by atoms with E-state index in [2.05, 4.69) is 11.9 Å². The molecule has 0 spiro atoms. The van der Waals surface area contributed by atoms with Gasteiger partial charge in [0.1, 0.15) is 11.5 Å². The number of amides is 2. The summed E-state index contributed by atoms with van der Waals surface area (Å²) in [5.74, 6) is -0.0493. The number of likely N-dealkylation sites (N-methyl/N-ethyl adjacent to an activating group) is 1. The van der Waals surface area contributed by atoms with Crippen LogP contribution in [-0.2, 0) is 11.3 Å². The smallest absolute Gasteiger partial charge is 0.270 e. The summed E-state index contributed by atoms with van der Waals surface area (Å²) in [6.45, 7) is 5.03. The van der Waals surface area contributed by atoms with E-state index in [1.807, 2.05) is 37.9 Å². The molecule has 8 heteroatoms. The fraction of sp³-hybridized carbons (Fsp3) is 0.440. The number of fused-ring (bicyclic) bond motifs is 1. The summed E-state index contributed by atoms with van der Waals surface area (Å²) in [6, 6.07) is 10.5.